The van der Waals surface area contributed by atoms with Crippen LogP contribution in [0.1, 0.15) is 38.5 Å². The third-order valence-electron chi connectivity index (χ3n) is 4.74. The zero-order valence-corrected chi connectivity index (χ0v) is 15.8. The number of hydrogen-bond donors (Lipinski definition) is 2. The smallest absolute Gasteiger partial charge is 0.748 e. The van der Waals surface area contributed by atoms with Gasteiger partial charge in [0.2, 0.25) is 0 Å². The summed E-state index contributed by atoms with van der Waals surface area (Å²) in [6, 6.07) is 0. The molecule has 2 N–H and O–H groups in total. The van der Waals surface area contributed by atoms with Crippen LogP contribution < -0.4 is 34.9 Å². The number of carboxylic acid groups (broad SMARTS) is 1. The van der Waals surface area contributed by atoms with Gasteiger partial charge in [0.25, 0.3) is 6.43 Å². The average Bonchev–Trinajstić information content (AvgIpc) is 2.20. The number of alkyl halides is 2. The Balaban J connectivity index is 0.000000258. The molecule has 128 valence electrons. The van der Waals surface area contributed by atoms with E-state index in [1.165, 1.54) is 19.3 Å². The van der Waals surface area contributed by atoms with E-state index in [2.05, 4.69) is 5.32 Å². The molecule has 0 saturated heterocycles. The summed E-state index contributed by atoms with van der Waals surface area (Å²) in [6.45, 7) is 0. The van der Waals surface area contributed by atoms with Gasteiger partial charge in [-0.3, -0.25) is 0 Å². The van der Waals surface area contributed by atoms with E-state index in [1.54, 1.807) is 0 Å². The second kappa shape index (κ2) is 7.95. The molecule has 1 amide bonds. The summed E-state index contributed by atoms with van der Waals surface area (Å²) in [6.07, 6.45) is 3.51. The van der Waals surface area contributed by atoms with Gasteiger partial charge in [-0.05, 0) is 56.3 Å². The molecular formula is C13H20F2NNaO5S. The quantitative estimate of drug-likeness (QED) is 0.495. The van der Waals surface area contributed by atoms with Crippen molar-refractivity contribution < 1.29 is 61.2 Å². The first-order valence-electron chi connectivity index (χ1n) is 7.30. The summed E-state index contributed by atoms with van der Waals surface area (Å²) in [4.78, 5) is 10.8. The molecule has 4 fully saturated rings. The Hall–Kier alpha value is 0.0400. The fourth-order valence-corrected chi connectivity index (χ4v) is 4.95. The number of amides is 1. The molecule has 0 atom stereocenters. The van der Waals surface area contributed by atoms with Crippen molar-refractivity contribution in [3.63, 3.8) is 0 Å². The van der Waals surface area contributed by atoms with Crippen LogP contribution in [0.2, 0.25) is 0 Å². The third kappa shape index (κ3) is 6.45. The predicted octanol–water partition coefficient (Wildman–Crippen LogP) is -0.976. The van der Waals surface area contributed by atoms with Crippen LogP contribution in [0.3, 0.4) is 0 Å². The summed E-state index contributed by atoms with van der Waals surface area (Å²) in [5.41, 5.74) is -0.0272. The molecule has 4 bridgehead atoms. The average molecular weight is 363 g/mol. The van der Waals surface area contributed by atoms with Crippen LogP contribution in [-0.2, 0) is 10.1 Å². The molecule has 4 aliphatic rings. The summed E-state index contributed by atoms with van der Waals surface area (Å²) >= 11 is 0. The molecule has 0 spiro atoms. The van der Waals surface area contributed by atoms with E-state index >= 15 is 0 Å². The first-order chi connectivity index (χ1) is 10.1. The van der Waals surface area contributed by atoms with E-state index in [4.69, 9.17) is 5.11 Å². The molecule has 0 aromatic heterocycles. The molecule has 0 aromatic rings. The van der Waals surface area contributed by atoms with E-state index in [-0.39, 0.29) is 35.1 Å². The maximum absolute atomic E-state index is 11.0. The van der Waals surface area contributed by atoms with Crippen molar-refractivity contribution in [3.05, 3.63) is 0 Å². The van der Waals surface area contributed by atoms with Crippen molar-refractivity contribution in [2.45, 2.75) is 50.5 Å². The van der Waals surface area contributed by atoms with E-state index in [1.807, 2.05) is 0 Å². The maximum Gasteiger partial charge on any atom is 1.00 e. The van der Waals surface area contributed by atoms with Gasteiger partial charge in [-0.25, -0.2) is 22.0 Å². The third-order valence-corrected chi connectivity index (χ3v) is 5.40. The first-order valence-corrected chi connectivity index (χ1v) is 8.87. The van der Waals surface area contributed by atoms with Gasteiger partial charge in [-0.1, -0.05) is 0 Å². The maximum atomic E-state index is 11.0. The molecule has 0 radical (unpaired) electrons. The molecule has 6 nitrogen and oxygen atoms in total. The van der Waals surface area contributed by atoms with Crippen molar-refractivity contribution in [1.82, 2.24) is 5.32 Å². The van der Waals surface area contributed by atoms with Gasteiger partial charge in [-0.15, -0.1) is 0 Å². The minimum Gasteiger partial charge on any atom is -0.748 e. The fraction of sp³-hybridized carbons (Fsp3) is 0.923. The molecule has 4 aliphatic carbocycles. The number of rotatable bonds is 3. The minimum absolute atomic E-state index is 0. The Bertz CT molecular complexity index is 493. The normalized spacial score (nSPS) is 34.3. The Morgan fingerprint density at radius 1 is 1.17 bits per heavy atom. The van der Waals surface area contributed by atoms with Crippen molar-refractivity contribution in [2.75, 3.05) is 5.75 Å². The van der Waals surface area contributed by atoms with Crippen LogP contribution in [0, 0.1) is 17.8 Å². The van der Waals surface area contributed by atoms with Gasteiger partial charge in [0, 0.05) is 5.54 Å². The topological polar surface area (TPSA) is 107 Å². The molecule has 4 saturated carbocycles. The molecule has 0 aliphatic heterocycles. The SMILES string of the molecule is O=C(O)NC12CC3CC(CC(C3)C1)C2.O=S(=O)([O-])CC(F)F.[Na+]. The molecule has 23 heavy (non-hydrogen) atoms. The number of nitrogens with one attached hydrogen (secondary N) is 1. The number of carbonyl (C=O) groups is 1. The van der Waals surface area contributed by atoms with Crippen LogP contribution in [-0.4, -0.2) is 41.9 Å². The van der Waals surface area contributed by atoms with Gasteiger partial charge in [0.05, 0.1) is 5.75 Å². The Morgan fingerprint density at radius 3 is 1.78 bits per heavy atom. The molecular weight excluding hydrogens is 343 g/mol. The van der Waals surface area contributed by atoms with Gasteiger partial charge in [0.1, 0.15) is 10.1 Å². The molecule has 10 heteroatoms. The first kappa shape index (κ1) is 21.1. The van der Waals surface area contributed by atoms with Gasteiger partial charge >= 0.3 is 35.7 Å². The standard InChI is InChI=1S/C11H17NO2.C2H4F2O3S.Na/c13-10(14)12-11-4-7-1-8(5-11)3-9(2-7)6-11;3-2(4)1-8(5,6)7;/h7-9,12H,1-6H2,(H,13,14);2H,1H2,(H,5,6,7);/q;;+1/p-1. The predicted molar refractivity (Wildman–Crippen MR) is 72.6 cm³/mol. The van der Waals surface area contributed by atoms with Gasteiger partial charge in [-0.2, -0.15) is 0 Å². The van der Waals surface area contributed by atoms with E-state index in [9.17, 15) is 26.5 Å². The fourth-order valence-electron chi connectivity index (χ4n) is 4.64. The van der Waals surface area contributed by atoms with Crippen molar-refractivity contribution >= 4 is 16.2 Å². The van der Waals surface area contributed by atoms with Gasteiger partial charge < -0.3 is 15.0 Å². The van der Waals surface area contributed by atoms with E-state index in [0.29, 0.717) is 0 Å². The second-order valence-corrected chi connectivity index (χ2v) is 8.19. The Morgan fingerprint density at radius 2 is 1.57 bits per heavy atom. The molecule has 0 aromatic carbocycles. The van der Waals surface area contributed by atoms with Crippen LogP contribution in [0.15, 0.2) is 0 Å². The van der Waals surface area contributed by atoms with E-state index < -0.39 is 28.4 Å². The Labute approximate surface area is 156 Å². The van der Waals surface area contributed by atoms with Crippen LogP contribution in [0.25, 0.3) is 0 Å². The second-order valence-electron chi connectivity index (χ2n) is 6.74. The molecule has 4 rings (SSSR count). The minimum atomic E-state index is -4.72. The van der Waals surface area contributed by atoms with E-state index in [0.717, 1.165) is 37.0 Å². The largest absolute Gasteiger partial charge is 1.00 e. The summed E-state index contributed by atoms with van der Waals surface area (Å²) in [5, 5.41) is 11.7. The van der Waals surface area contributed by atoms with Crippen molar-refractivity contribution in [2.24, 2.45) is 17.8 Å². The van der Waals surface area contributed by atoms with Crippen LogP contribution in [0.4, 0.5) is 13.6 Å². The number of hydrogen-bond acceptors (Lipinski definition) is 4. The van der Waals surface area contributed by atoms with Crippen molar-refractivity contribution in [3.8, 4) is 0 Å². The van der Waals surface area contributed by atoms with Crippen LogP contribution in [0.5, 0.6) is 0 Å². The summed E-state index contributed by atoms with van der Waals surface area (Å²) < 4.78 is 50.1. The summed E-state index contributed by atoms with van der Waals surface area (Å²) in [7, 11) is -4.72. The zero-order valence-electron chi connectivity index (χ0n) is 13.0. The van der Waals surface area contributed by atoms with Gasteiger partial charge in [0.15, 0.2) is 0 Å². The molecule has 0 unspecified atom stereocenters. The zero-order chi connectivity index (χ0) is 16.5. The molecule has 0 heterocycles. The monoisotopic (exact) mass is 363 g/mol. The Kier molecular flexibility index (Phi) is 7.28. The van der Waals surface area contributed by atoms with Crippen molar-refractivity contribution in [1.29, 1.82) is 0 Å². The number of halogens is 2. The summed E-state index contributed by atoms with van der Waals surface area (Å²) in [5.74, 6) is 0.849. The van der Waals surface area contributed by atoms with Crippen LogP contribution >= 0.6 is 0 Å².